The van der Waals surface area contributed by atoms with Gasteiger partial charge < -0.3 is 10.2 Å². The van der Waals surface area contributed by atoms with E-state index < -0.39 is 0 Å². The molecule has 1 heterocycles. The first-order valence-electron chi connectivity index (χ1n) is 7.97. The third kappa shape index (κ3) is 4.52. The summed E-state index contributed by atoms with van der Waals surface area (Å²) in [7, 11) is 0. The zero-order chi connectivity index (χ0) is 16.8. The number of aromatic nitrogens is 2. The highest BCUT2D eigenvalue weighted by atomic mass is 16.2. The average Bonchev–Trinajstić information content (AvgIpc) is 2.53. The summed E-state index contributed by atoms with van der Waals surface area (Å²) < 4.78 is 0. The lowest BCUT2D eigenvalue weighted by atomic mass is 10.1. The molecule has 122 valence electrons. The molecule has 0 radical (unpaired) electrons. The van der Waals surface area contributed by atoms with Gasteiger partial charge in [-0.3, -0.25) is 4.79 Å². The van der Waals surface area contributed by atoms with E-state index in [4.69, 9.17) is 0 Å². The van der Waals surface area contributed by atoms with E-state index in [0.717, 1.165) is 0 Å². The van der Waals surface area contributed by atoms with Gasteiger partial charge in [0.25, 0.3) is 5.91 Å². The van der Waals surface area contributed by atoms with Gasteiger partial charge in [0.2, 0.25) is 0 Å². The molecular weight excluding hydrogens is 288 g/mol. The lowest BCUT2D eigenvalue weighted by Crippen LogP contribution is -2.31. The Balaban J connectivity index is 2.15. The van der Waals surface area contributed by atoms with Crippen LogP contribution < -0.4 is 5.32 Å². The molecule has 0 spiro atoms. The predicted octanol–water partition coefficient (Wildman–Crippen LogP) is 3.19. The van der Waals surface area contributed by atoms with Gasteiger partial charge in [0, 0.05) is 25.7 Å². The Morgan fingerprint density at radius 1 is 1.13 bits per heavy atom. The minimum Gasteiger partial charge on any atom is -0.366 e. The third-order valence-electron chi connectivity index (χ3n) is 3.66. The molecule has 0 bridgehead atoms. The van der Waals surface area contributed by atoms with Crippen molar-refractivity contribution in [2.24, 2.45) is 0 Å². The highest BCUT2D eigenvalue weighted by Crippen LogP contribution is 2.12. The molecule has 2 rings (SSSR count). The van der Waals surface area contributed by atoms with E-state index in [1.165, 1.54) is 11.1 Å². The van der Waals surface area contributed by atoms with Crippen LogP contribution in [0.25, 0.3) is 0 Å². The largest absolute Gasteiger partial charge is 0.366 e. The number of hydrogen-bond acceptors (Lipinski definition) is 4. The van der Waals surface area contributed by atoms with Gasteiger partial charge in [-0.05, 0) is 33.3 Å². The Bertz CT molecular complexity index is 680. The molecule has 0 unspecified atom stereocenters. The van der Waals surface area contributed by atoms with Crippen LogP contribution in [0.3, 0.4) is 0 Å². The zero-order valence-corrected chi connectivity index (χ0v) is 14.3. The molecule has 2 aromatic rings. The summed E-state index contributed by atoms with van der Waals surface area (Å²) in [4.78, 5) is 22.8. The number of aryl methyl sites for hydroxylation is 2. The molecule has 0 fully saturated rings. The summed E-state index contributed by atoms with van der Waals surface area (Å²) in [6.07, 6.45) is 0. The molecule has 5 nitrogen and oxygen atoms in total. The van der Waals surface area contributed by atoms with Gasteiger partial charge >= 0.3 is 0 Å². The van der Waals surface area contributed by atoms with Gasteiger partial charge in [-0.2, -0.15) is 0 Å². The van der Waals surface area contributed by atoms with E-state index in [2.05, 4.69) is 40.4 Å². The fourth-order valence-corrected chi connectivity index (χ4v) is 2.46. The number of carbonyl (C=O) groups excluding carboxylic acids is 1. The van der Waals surface area contributed by atoms with Crippen molar-refractivity contribution in [2.45, 2.75) is 34.2 Å². The highest BCUT2D eigenvalue weighted by Gasteiger charge is 2.15. The fourth-order valence-electron chi connectivity index (χ4n) is 2.46. The number of hydrogen-bond donors (Lipinski definition) is 1. The SMILES string of the molecule is CCN(CC)C(=O)c1cc(NCc2cccc(C)c2)nc(C)n1. The minimum atomic E-state index is -0.0564. The average molecular weight is 312 g/mol. The summed E-state index contributed by atoms with van der Waals surface area (Å²) in [5.41, 5.74) is 2.84. The van der Waals surface area contributed by atoms with Crippen molar-refractivity contribution in [3.8, 4) is 0 Å². The Morgan fingerprint density at radius 3 is 2.52 bits per heavy atom. The van der Waals surface area contributed by atoms with Crippen LogP contribution in [-0.4, -0.2) is 33.9 Å². The molecule has 1 amide bonds. The molecular formula is C18H24N4O. The summed E-state index contributed by atoms with van der Waals surface area (Å²) in [5.74, 6) is 1.21. The highest BCUT2D eigenvalue weighted by molar-refractivity contribution is 5.93. The van der Waals surface area contributed by atoms with Gasteiger partial charge in [0.1, 0.15) is 17.3 Å². The summed E-state index contributed by atoms with van der Waals surface area (Å²) in [5, 5.41) is 3.28. The number of benzene rings is 1. The van der Waals surface area contributed by atoms with E-state index in [9.17, 15) is 4.79 Å². The maximum Gasteiger partial charge on any atom is 0.272 e. The van der Waals surface area contributed by atoms with E-state index >= 15 is 0 Å². The van der Waals surface area contributed by atoms with Gasteiger partial charge in [-0.25, -0.2) is 9.97 Å². The van der Waals surface area contributed by atoms with E-state index in [1.54, 1.807) is 17.9 Å². The maximum absolute atomic E-state index is 12.4. The fraction of sp³-hybridized carbons (Fsp3) is 0.389. The predicted molar refractivity (Wildman–Crippen MR) is 92.5 cm³/mol. The molecule has 5 heteroatoms. The van der Waals surface area contributed by atoms with Crippen LogP contribution in [0, 0.1) is 13.8 Å². The van der Waals surface area contributed by atoms with Crippen molar-refractivity contribution in [3.05, 3.63) is 53.0 Å². The quantitative estimate of drug-likeness (QED) is 0.890. The first-order valence-corrected chi connectivity index (χ1v) is 7.97. The lowest BCUT2D eigenvalue weighted by molar-refractivity contribution is 0.0766. The molecule has 0 aliphatic heterocycles. The second-order valence-corrected chi connectivity index (χ2v) is 5.51. The number of nitrogens with zero attached hydrogens (tertiary/aromatic N) is 3. The molecule has 1 N–H and O–H groups in total. The number of amides is 1. The standard InChI is InChI=1S/C18H24N4O/c1-5-22(6-2)18(23)16-11-17(21-14(4)20-16)19-12-15-9-7-8-13(3)10-15/h7-11H,5-6,12H2,1-4H3,(H,19,20,21). The Kier molecular flexibility index (Phi) is 5.68. The smallest absolute Gasteiger partial charge is 0.272 e. The van der Waals surface area contributed by atoms with Crippen LogP contribution in [0.5, 0.6) is 0 Å². The molecule has 0 aliphatic rings. The number of carbonyl (C=O) groups is 1. The van der Waals surface area contributed by atoms with Crippen molar-refractivity contribution >= 4 is 11.7 Å². The van der Waals surface area contributed by atoms with Crippen molar-refractivity contribution in [2.75, 3.05) is 18.4 Å². The Hall–Kier alpha value is -2.43. The van der Waals surface area contributed by atoms with Crippen LogP contribution in [0.4, 0.5) is 5.82 Å². The monoisotopic (exact) mass is 312 g/mol. The van der Waals surface area contributed by atoms with Crippen LogP contribution in [0.15, 0.2) is 30.3 Å². The van der Waals surface area contributed by atoms with Crippen molar-refractivity contribution in [1.29, 1.82) is 0 Å². The van der Waals surface area contributed by atoms with Gasteiger partial charge in [-0.15, -0.1) is 0 Å². The van der Waals surface area contributed by atoms with Gasteiger partial charge in [0.15, 0.2) is 0 Å². The van der Waals surface area contributed by atoms with Gasteiger partial charge in [0.05, 0.1) is 0 Å². The molecule has 0 saturated carbocycles. The first-order chi connectivity index (χ1) is 11.0. The second-order valence-electron chi connectivity index (χ2n) is 5.51. The molecule has 0 saturated heterocycles. The Morgan fingerprint density at radius 2 is 1.87 bits per heavy atom. The summed E-state index contributed by atoms with van der Waals surface area (Å²) in [6.45, 7) is 9.81. The van der Waals surface area contributed by atoms with E-state index in [-0.39, 0.29) is 5.91 Å². The minimum absolute atomic E-state index is 0.0564. The topological polar surface area (TPSA) is 58.1 Å². The van der Waals surface area contributed by atoms with E-state index in [1.807, 2.05) is 19.9 Å². The number of anilines is 1. The van der Waals surface area contributed by atoms with Crippen LogP contribution in [-0.2, 0) is 6.54 Å². The van der Waals surface area contributed by atoms with Crippen LogP contribution >= 0.6 is 0 Å². The zero-order valence-electron chi connectivity index (χ0n) is 14.3. The van der Waals surface area contributed by atoms with Crippen molar-refractivity contribution in [1.82, 2.24) is 14.9 Å². The normalized spacial score (nSPS) is 10.4. The molecule has 1 aromatic heterocycles. The second kappa shape index (κ2) is 7.72. The van der Waals surface area contributed by atoms with Crippen molar-refractivity contribution in [3.63, 3.8) is 0 Å². The number of rotatable bonds is 6. The lowest BCUT2D eigenvalue weighted by Gasteiger charge is -2.18. The van der Waals surface area contributed by atoms with Crippen molar-refractivity contribution < 1.29 is 4.79 Å². The molecule has 1 aromatic carbocycles. The molecule has 23 heavy (non-hydrogen) atoms. The number of nitrogens with one attached hydrogen (secondary N) is 1. The van der Waals surface area contributed by atoms with E-state index in [0.29, 0.717) is 37.0 Å². The molecule has 0 aliphatic carbocycles. The van der Waals surface area contributed by atoms with Gasteiger partial charge in [-0.1, -0.05) is 29.8 Å². The Labute approximate surface area is 137 Å². The van der Waals surface area contributed by atoms with Crippen LogP contribution in [0.1, 0.15) is 41.3 Å². The maximum atomic E-state index is 12.4. The van der Waals surface area contributed by atoms with Crippen LogP contribution in [0.2, 0.25) is 0 Å². The third-order valence-corrected chi connectivity index (χ3v) is 3.66. The summed E-state index contributed by atoms with van der Waals surface area (Å²) >= 11 is 0. The molecule has 0 atom stereocenters. The first kappa shape index (κ1) is 16.9. The summed E-state index contributed by atoms with van der Waals surface area (Å²) in [6, 6.07) is 10.0.